The standard InChI is InChI=1S/C20H29N3O2/c1-15-6-7-17(16(2)14-15)18(24)22-12-8-20(9-13-22,19(21)25)23-10-4-3-5-11-23/h6-7,14H,3-5,8-13H2,1-2H3,(H2,21,25). The van der Waals surface area contributed by atoms with Gasteiger partial charge >= 0.3 is 0 Å². The Morgan fingerprint density at radius 3 is 2.20 bits per heavy atom. The number of carbonyl (C=O) groups excluding carboxylic acids is 2. The highest BCUT2D eigenvalue weighted by molar-refractivity contribution is 5.96. The number of likely N-dealkylation sites (tertiary alicyclic amines) is 2. The van der Waals surface area contributed by atoms with Crippen LogP contribution in [0.5, 0.6) is 0 Å². The summed E-state index contributed by atoms with van der Waals surface area (Å²) in [6.07, 6.45) is 4.75. The van der Waals surface area contributed by atoms with Crippen LogP contribution in [0.2, 0.25) is 0 Å². The second-order valence-corrected chi connectivity index (χ2v) is 7.55. The molecule has 0 saturated carbocycles. The molecular weight excluding hydrogens is 314 g/mol. The second kappa shape index (κ2) is 7.16. The van der Waals surface area contributed by atoms with Crippen LogP contribution >= 0.6 is 0 Å². The van der Waals surface area contributed by atoms with E-state index in [1.807, 2.05) is 36.9 Å². The average Bonchev–Trinajstić information content (AvgIpc) is 2.62. The summed E-state index contributed by atoms with van der Waals surface area (Å²) in [4.78, 5) is 29.3. The highest BCUT2D eigenvalue weighted by Gasteiger charge is 2.45. The van der Waals surface area contributed by atoms with Crippen LogP contribution in [0.3, 0.4) is 0 Å². The van der Waals surface area contributed by atoms with E-state index in [2.05, 4.69) is 4.90 Å². The van der Waals surface area contributed by atoms with Crippen molar-refractivity contribution in [3.63, 3.8) is 0 Å². The van der Waals surface area contributed by atoms with Crippen LogP contribution in [0.1, 0.15) is 53.6 Å². The highest BCUT2D eigenvalue weighted by atomic mass is 16.2. The minimum Gasteiger partial charge on any atom is -0.368 e. The zero-order valence-corrected chi connectivity index (χ0v) is 15.4. The summed E-state index contributed by atoms with van der Waals surface area (Å²) in [5.74, 6) is -0.165. The molecule has 1 aromatic rings. The molecule has 0 spiro atoms. The molecule has 0 unspecified atom stereocenters. The lowest BCUT2D eigenvalue weighted by Crippen LogP contribution is -2.63. The second-order valence-electron chi connectivity index (χ2n) is 7.55. The van der Waals surface area contributed by atoms with E-state index in [1.54, 1.807) is 0 Å². The molecule has 2 N–H and O–H groups in total. The van der Waals surface area contributed by atoms with Gasteiger partial charge in [0, 0.05) is 18.7 Å². The molecule has 2 saturated heterocycles. The maximum atomic E-state index is 12.9. The van der Waals surface area contributed by atoms with Gasteiger partial charge in [0.1, 0.15) is 5.54 Å². The number of carbonyl (C=O) groups is 2. The Morgan fingerprint density at radius 1 is 1.00 bits per heavy atom. The maximum Gasteiger partial charge on any atom is 0.254 e. The van der Waals surface area contributed by atoms with E-state index in [1.165, 1.54) is 6.42 Å². The predicted octanol–water partition coefficient (Wildman–Crippen LogP) is 2.25. The molecule has 0 atom stereocenters. The summed E-state index contributed by atoms with van der Waals surface area (Å²) in [7, 11) is 0. The lowest BCUT2D eigenvalue weighted by molar-refractivity contribution is -0.134. The molecule has 3 rings (SSSR count). The third-order valence-corrected chi connectivity index (χ3v) is 5.91. The van der Waals surface area contributed by atoms with Gasteiger partial charge in [0.05, 0.1) is 0 Å². The Bertz CT molecular complexity index is 657. The molecular formula is C20H29N3O2. The zero-order chi connectivity index (χ0) is 18.0. The quantitative estimate of drug-likeness (QED) is 0.915. The molecule has 2 amide bonds. The lowest BCUT2D eigenvalue weighted by Gasteiger charge is -2.48. The molecule has 0 radical (unpaired) electrons. The number of rotatable bonds is 3. The lowest BCUT2D eigenvalue weighted by atomic mass is 9.83. The SMILES string of the molecule is Cc1ccc(C(=O)N2CCC(C(N)=O)(N3CCCCC3)CC2)c(C)c1. The number of piperidine rings is 2. The van der Waals surface area contributed by atoms with E-state index in [0.29, 0.717) is 25.9 Å². The average molecular weight is 343 g/mol. The monoisotopic (exact) mass is 343 g/mol. The van der Waals surface area contributed by atoms with E-state index in [4.69, 9.17) is 5.73 Å². The minimum absolute atomic E-state index is 0.0641. The first-order valence-corrected chi connectivity index (χ1v) is 9.35. The number of aryl methyl sites for hydroxylation is 2. The fraction of sp³-hybridized carbons (Fsp3) is 0.600. The minimum atomic E-state index is -0.570. The largest absolute Gasteiger partial charge is 0.368 e. The summed E-state index contributed by atoms with van der Waals surface area (Å²) >= 11 is 0. The molecule has 0 aromatic heterocycles. The molecule has 2 aliphatic rings. The zero-order valence-electron chi connectivity index (χ0n) is 15.4. The topological polar surface area (TPSA) is 66.6 Å². The van der Waals surface area contributed by atoms with E-state index >= 15 is 0 Å². The van der Waals surface area contributed by atoms with Crippen molar-refractivity contribution in [2.24, 2.45) is 5.73 Å². The fourth-order valence-corrected chi connectivity index (χ4v) is 4.34. The summed E-state index contributed by atoms with van der Waals surface area (Å²) in [6.45, 7) is 7.06. The van der Waals surface area contributed by atoms with Crippen LogP contribution in [0.15, 0.2) is 18.2 Å². The molecule has 2 heterocycles. The number of nitrogens with two attached hydrogens (primary N) is 1. The Kier molecular flexibility index (Phi) is 5.13. The van der Waals surface area contributed by atoms with Crippen molar-refractivity contribution in [3.8, 4) is 0 Å². The van der Waals surface area contributed by atoms with Crippen molar-refractivity contribution in [1.82, 2.24) is 9.80 Å². The van der Waals surface area contributed by atoms with E-state index in [0.717, 1.165) is 42.6 Å². The maximum absolute atomic E-state index is 12.9. The van der Waals surface area contributed by atoms with Gasteiger partial charge in [0.25, 0.3) is 5.91 Å². The van der Waals surface area contributed by atoms with Crippen LogP contribution in [0.25, 0.3) is 0 Å². The Labute approximate surface area is 150 Å². The fourth-order valence-electron chi connectivity index (χ4n) is 4.34. The van der Waals surface area contributed by atoms with Gasteiger partial charge in [-0.25, -0.2) is 0 Å². The normalized spacial score (nSPS) is 21.1. The van der Waals surface area contributed by atoms with E-state index < -0.39 is 5.54 Å². The van der Waals surface area contributed by atoms with Gasteiger partial charge < -0.3 is 10.6 Å². The van der Waals surface area contributed by atoms with Crippen molar-refractivity contribution in [2.45, 2.75) is 51.5 Å². The first-order valence-electron chi connectivity index (χ1n) is 9.35. The highest BCUT2D eigenvalue weighted by Crippen LogP contribution is 2.32. The molecule has 1 aromatic carbocycles. The van der Waals surface area contributed by atoms with Gasteiger partial charge in [-0.05, 0) is 64.3 Å². The van der Waals surface area contributed by atoms with Crippen LogP contribution in [-0.4, -0.2) is 53.3 Å². The third-order valence-electron chi connectivity index (χ3n) is 5.91. The first kappa shape index (κ1) is 17.9. The number of amides is 2. The number of nitrogens with zero attached hydrogens (tertiary/aromatic N) is 2. The van der Waals surface area contributed by atoms with Crippen LogP contribution < -0.4 is 5.73 Å². The molecule has 136 valence electrons. The van der Waals surface area contributed by atoms with Crippen LogP contribution in [0.4, 0.5) is 0 Å². The van der Waals surface area contributed by atoms with Gasteiger partial charge in [-0.3, -0.25) is 14.5 Å². The van der Waals surface area contributed by atoms with Crippen molar-refractivity contribution < 1.29 is 9.59 Å². The van der Waals surface area contributed by atoms with Crippen molar-refractivity contribution >= 4 is 11.8 Å². The third kappa shape index (κ3) is 3.43. The Morgan fingerprint density at radius 2 is 1.64 bits per heavy atom. The number of benzene rings is 1. The van der Waals surface area contributed by atoms with E-state index in [9.17, 15) is 9.59 Å². The van der Waals surface area contributed by atoms with Gasteiger partial charge in [-0.1, -0.05) is 24.1 Å². The summed E-state index contributed by atoms with van der Waals surface area (Å²) < 4.78 is 0. The molecule has 5 heteroatoms. The molecule has 0 bridgehead atoms. The molecule has 0 aliphatic carbocycles. The van der Waals surface area contributed by atoms with Gasteiger partial charge in [-0.2, -0.15) is 0 Å². The van der Waals surface area contributed by atoms with Gasteiger partial charge in [0.2, 0.25) is 5.91 Å². The number of hydrogen-bond donors (Lipinski definition) is 1. The van der Waals surface area contributed by atoms with E-state index in [-0.39, 0.29) is 11.8 Å². The molecule has 2 aliphatic heterocycles. The smallest absolute Gasteiger partial charge is 0.254 e. The summed E-state index contributed by atoms with van der Waals surface area (Å²) in [5, 5.41) is 0. The molecule has 2 fully saturated rings. The van der Waals surface area contributed by atoms with Crippen molar-refractivity contribution in [3.05, 3.63) is 34.9 Å². The Balaban J connectivity index is 1.73. The summed E-state index contributed by atoms with van der Waals surface area (Å²) in [5.41, 5.74) is 8.18. The van der Waals surface area contributed by atoms with Gasteiger partial charge in [-0.15, -0.1) is 0 Å². The van der Waals surface area contributed by atoms with Crippen LogP contribution in [-0.2, 0) is 4.79 Å². The number of hydrogen-bond acceptors (Lipinski definition) is 3. The predicted molar refractivity (Wildman–Crippen MR) is 98.4 cm³/mol. The summed E-state index contributed by atoms with van der Waals surface area (Å²) in [6, 6.07) is 5.93. The molecule has 25 heavy (non-hydrogen) atoms. The van der Waals surface area contributed by atoms with Gasteiger partial charge in [0.15, 0.2) is 0 Å². The Hall–Kier alpha value is -1.88. The van der Waals surface area contributed by atoms with Crippen LogP contribution in [0, 0.1) is 13.8 Å². The molecule has 5 nitrogen and oxygen atoms in total. The van der Waals surface area contributed by atoms with Crippen molar-refractivity contribution in [1.29, 1.82) is 0 Å². The first-order chi connectivity index (χ1) is 11.9. The number of primary amides is 1. The van der Waals surface area contributed by atoms with Crippen molar-refractivity contribution in [2.75, 3.05) is 26.2 Å².